The lowest BCUT2D eigenvalue weighted by Crippen LogP contribution is -2.37. The number of hydrogen-bond acceptors (Lipinski definition) is 6. The van der Waals surface area contributed by atoms with Gasteiger partial charge in [-0.2, -0.15) is 10.2 Å². The number of aliphatic imine (C=N–C) groups is 1. The molecule has 1 saturated heterocycles. The Kier molecular flexibility index (Phi) is 12.5. The highest BCUT2D eigenvalue weighted by molar-refractivity contribution is 14.2. The summed E-state index contributed by atoms with van der Waals surface area (Å²) in [5.41, 5.74) is 10.1. The predicted octanol–water partition coefficient (Wildman–Crippen LogP) is 6.82. The summed E-state index contributed by atoms with van der Waals surface area (Å²) in [4.78, 5) is 7.05. The Bertz CT molecular complexity index is 1060. The molecular weight excluding hydrogens is 623 g/mol. The molecule has 0 radical (unpaired) electrons. The van der Waals surface area contributed by atoms with Crippen LogP contribution in [0.3, 0.4) is 0 Å². The van der Waals surface area contributed by atoms with E-state index in [9.17, 15) is 0 Å². The van der Waals surface area contributed by atoms with Gasteiger partial charge >= 0.3 is 0 Å². The number of piperidine rings is 1. The lowest BCUT2D eigenvalue weighted by atomic mass is 9.81. The number of nitrogens with zero attached hydrogens (tertiary/aromatic N) is 6. The maximum Gasteiger partial charge on any atom is 0.132 e. The first-order valence-corrected chi connectivity index (χ1v) is 18.5. The van der Waals surface area contributed by atoms with Crippen LogP contribution in [-0.2, 0) is 0 Å². The van der Waals surface area contributed by atoms with E-state index in [0.717, 1.165) is 60.7 Å². The Hall–Kier alpha value is -1.74. The van der Waals surface area contributed by atoms with Gasteiger partial charge in [-0.3, -0.25) is 14.8 Å². The average Bonchev–Trinajstić information content (AvgIpc) is 3.50. The van der Waals surface area contributed by atoms with E-state index in [0.29, 0.717) is 6.37 Å². The fourth-order valence-electron chi connectivity index (χ4n) is 5.79. The molecule has 0 aromatic carbocycles. The van der Waals surface area contributed by atoms with Gasteiger partial charge in [-0.05, 0) is 77.9 Å². The van der Waals surface area contributed by atoms with Crippen LogP contribution in [0, 0.1) is 11.8 Å². The molecule has 3 aliphatic heterocycles. The third-order valence-electron chi connectivity index (χ3n) is 7.73. The molecule has 39 heavy (non-hydrogen) atoms. The Morgan fingerprint density at radius 1 is 1.21 bits per heavy atom. The lowest BCUT2D eigenvalue weighted by molar-refractivity contribution is 0.249. The minimum absolute atomic E-state index is 0.0181. The van der Waals surface area contributed by atoms with Gasteiger partial charge in [0.1, 0.15) is 11.7 Å². The van der Waals surface area contributed by atoms with Gasteiger partial charge in [-0.1, -0.05) is 40.2 Å². The van der Waals surface area contributed by atoms with Crippen LogP contribution in [0.4, 0.5) is 4.39 Å². The number of allylic oxidation sites excluding steroid dienone is 3. The van der Waals surface area contributed by atoms with E-state index in [1.165, 1.54) is 19.3 Å². The van der Waals surface area contributed by atoms with E-state index in [1.807, 2.05) is 43.9 Å². The van der Waals surface area contributed by atoms with Crippen molar-refractivity contribution < 1.29 is 4.39 Å². The molecule has 0 spiro atoms. The second-order valence-corrected chi connectivity index (χ2v) is 12.1. The number of halogens is 2. The predicted molar refractivity (Wildman–Crippen MR) is 175 cm³/mol. The Labute approximate surface area is 249 Å². The molecular formula is C29H46FIN7P. The highest BCUT2D eigenvalue weighted by atomic mass is 127. The fourth-order valence-corrected chi connectivity index (χ4v) is 7.58. The SMILES string of the molecule is CC.CCC/C(N)=C(\C=C\C1=NN(PI)C2C=C(F)C(C3C=NN(C)C3CC)=CC12)C(=NC)N1CCCCC1. The van der Waals surface area contributed by atoms with Crippen molar-refractivity contribution in [1.29, 1.82) is 0 Å². The Morgan fingerprint density at radius 3 is 2.54 bits per heavy atom. The van der Waals surface area contributed by atoms with Crippen molar-refractivity contribution in [3.63, 3.8) is 0 Å². The lowest BCUT2D eigenvalue weighted by Gasteiger charge is -2.31. The van der Waals surface area contributed by atoms with E-state index in [2.05, 4.69) is 69.1 Å². The molecule has 1 fully saturated rings. The van der Waals surface area contributed by atoms with Gasteiger partial charge in [0.2, 0.25) is 0 Å². The number of amidine groups is 1. The fraction of sp³-hybridized carbons (Fsp3) is 0.621. The summed E-state index contributed by atoms with van der Waals surface area (Å²) < 4.78 is 17.4. The molecule has 4 rings (SSSR count). The molecule has 5 unspecified atom stereocenters. The summed E-state index contributed by atoms with van der Waals surface area (Å²) in [6.07, 6.45) is 16.6. The summed E-state index contributed by atoms with van der Waals surface area (Å²) >= 11 is 2.33. The maximum atomic E-state index is 15.4. The molecule has 10 heteroatoms. The molecule has 0 bridgehead atoms. The van der Waals surface area contributed by atoms with Crippen LogP contribution in [-0.4, -0.2) is 71.7 Å². The standard InChI is InChI=1S/C27H40FIN7P.C2H6/c1-5-10-23(30)18(27(31-3)35-13-8-7-9-14-35)11-12-24-20-15-19(21-17-32-34(4)25(21)6-2)22(28)16-26(20)36(33-24)37-29;1-2/h11-12,15-17,20-21,25-26,37H,5-10,13-14,30H2,1-4H3;1-2H3/b12-11+,23-18-,31-27?;. The molecule has 7 nitrogen and oxygen atoms in total. The first-order chi connectivity index (χ1) is 18.9. The average molecular weight is 670 g/mol. The smallest absolute Gasteiger partial charge is 0.132 e. The molecule has 0 amide bonds. The number of hydrazone groups is 2. The maximum absolute atomic E-state index is 15.4. The van der Waals surface area contributed by atoms with Crippen LogP contribution in [0.15, 0.2) is 62.2 Å². The van der Waals surface area contributed by atoms with Crippen molar-refractivity contribution in [2.75, 3.05) is 27.2 Å². The van der Waals surface area contributed by atoms with Crippen LogP contribution in [0.2, 0.25) is 0 Å². The molecule has 0 aromatic heterocycles. The van der Waals surface area contributed by atoms with Gasteiger partial charge in [0.25, 0.3) is 0 Å². The van der Waals surface area contributed by atoms with Crippen LogP contribution in [0.25, 0.3) is 0 Å². The largest absolute Gasteiger partial charge is 0.401 e. The zero-order valence-corrected chi connectivity index (χ0v) is 27.5. The van der Waals surface area contributed by atoms with Crippen molar-refractivity contribution >= 4 is 46.2 Å². The van der Waals surface area contributed by atoms with Crippen LogP contribution in [0.5, 0.6) is 0 Å². The van der Waals surface area contributed by atoms with E-state index < -0.39 is 0 Å². The van der Waals surface area contributed by atoms with Gasteiger partial charge in [0.05, 0.1) is 24.2 Å². The van der Waals surface area contributed by atoms with Crippen molar-refractivity contribution in [3.05, 3.63) is 47.0 Å². The second kappa shape index (κ2) is 15.3. The summed E-state index contributed by atoms with van der Waals surface area (Å²) in [7, 11) is 3.82. The highest BCUT2D eigenvalue weighted by Gasteiger charge is 2.41. The third-order valence-corrected chi connectivity index (χ3v) is 9.78. The molecule has 4 aliphatic rings. The van der Waals surface area contributed by atoms with Crippen molar-refractivity contribution in [1.82, 2.24) is 14.7 Å². The van der Waals surface area contributed by atoms with Crippen LogP contribution < -0.4 is 5.73 Å². The van der Waals surface area contributed by atoms with Gasteiger partial charge in [0.15, 0.2) is 0 Å². The van der Waals surface area contributed by atoms with E-state index in [1.54, 1.807) is 6.08 Å². The molecule has 2 N–H and O–H groups in total. The second-order valence-electron chi connectivity index (χ2n) is 10.1. The Morgan fingerprint density at radius 2 is 1.92 bits per heavy atom. The zero-order valence-electron chi connectivity index (χ0n) is 24.4. The molecule has 216 valence electrons. The number of likely N-dealkylation sites (tertiary alicyclic amines) is 1. The molecule has 5 atom stereocenters. The first-order valence-electron chi connectivity index (χ1n) is 14.4. The molecule has 0 aromatic rings. The van der Waals surface area contributed by atoms with Gasteiger partial charge in [0, 0.05) is 56.5 Å². The highest BCUT2D eigenvalue weighted by Crippen LogP contribution is 2.44. The molecule has 0 saturated carbocycles. The van der Waals surface area contributed by atoms with Crippen LogP contribution >= 0.6 is 28.4 Å². The van der Waals surface area contributed by atoms with Crippen molar-refractivity contribution in [2.45, 2.75) is 78.3 Å². The summed E-state index contributed by atoms with van der Waals surface area (Å²) in [5.74, 6) is 0.744. The molecule has 3 heterocycles. The van der Waals surface area contributed by atoms with E-state index >= 15 is 4.39 Å². The van der Waals surface area contributed by atoms with Gasteiger partial charge in [-0.25, -0.2) is 4.39 Å². The first kappa shape index (κ1) is 31.8. The topological polar surface area (TPSA) is 72.8 Å². The normalized spacial score (nSPS) is 27.9. The number of hydrogen-bond donors (Lipinski definition) is 1. The van der Waals surface area contributed by atoms with Crippen LogP contribution in [0.1, 0.15) is 66.2 Å². The Balaban J connectivity index is 0.00000205. The van der Waals surface area contributed by atoms with E-state index in [4.69, 9.17) is 10.8 Å². The number of fused-ring (bicyclic) bond motifs is 1. The third kappa shape index (κ3) is 7.13. The minimum atomic E-state index is -0.148. The summed E-state index contributed by atoms with van der Waals surface area (Å²) in [5, 5.41) is 11.3. The summed E-state index contributed by atoms with van der Waals surface area (Å²) in [6.45, 7) is 10.3. The number of nitrogens with two attached hydrogens (primary N) is 1. The quantitative estimate of drug-likeness (QED) is 0.101. The monoisotopic (exact) mass is 669 g/mol. The van der Waals surface area contributed by atoms with Gasteiger partial charge < -0.3 is 10.6 Å². The van der Waals surface area contributed by atoms with E-state index in [-0.39, 0.29) is 29.7 Å². The number of rotatable bonds is 8. The molecule has 1 aliphatic carbocycles. The van der Waals surface area contributed by atoms with Crippen molar-refractivity contribution in [3.8, 4) is 0 Å². The van der Waals surface area contributed by atoms with Crippen molar-refractivity contribution in [2.24, 2.45) is 32.8 Å². The summed E-state index contributed by atoms with van der Waals surface area (Å²) in [6, 6.07) is 0.0506. The zero-order chi connectivity index (χ0) is 28.5. The minimum Gasteiger partial charge on any atom is -0.401 e. The van der Waals surface area contributed by atoms with Gasteiger partial charge in [-0.15, -0.1) is 0 Å².